The monoisotopic (exact) mass is 411 g/mol. The summed E-state index contributed by atoms with van der Waals surface area (Å²) in [5, 5.41) is 0.791. The molecule has 0 spiro atoms. The molecular weight excluding hydrogens is 386 g/mol. The highest BCUT2D eigenvalue weighted by atomic mass is 16.5. The summed E-state index contributed by atoms with van der Waals surface area (Å²) in [4.78, 5) is 18.0. The minimum Gasteiger partial charge on any atom is -0.497 e. The van der Waals surface area contributed by atoms with Gasteiger partial charge in [-0.15, -0.1) is 0 Å². The lowest BCUT2D eigenvalue weighted by molar-refractivity contribution is 0.0296. The Morgan fingerprint density at radius 2 is 1.65 bits per heavy atom. The van der Waals surface area contributed by atoms with E-state index >= 15 is 0 Å². The molecule has 1 heterocycles. The van der Waals surface area contributed by atoms with E-state index in [0.717, 1.165) is 39.9 Å². The Morgan fingerprint density at radius 1 is 0.935 bits per heavy atom. The van der Waals surface area contributed by atoms with Crippen molar-refractivity contribution in [2.45, 2.75) is 25.9 Å². The van der Waals surface area contributed by atoms with Crippen molar-refractivity contribution < 1.29 is 14.3 Å². The van der Waals surface area contributed by atoms with E-state index in [9.17, 15) is 4.79 Å². The van der Waals surface area contributed by atoms with Gasteiger partial charge in [-0.2, -0.15) is 0 Å². The summed E-state index contributed by atoms with van der Waals surface area (Å²) in [7, 11) is 1.64. The van der Waals surface area contributed by atoms with Crippen molar-refractivity contribution in [3.05, 3.63) is 96.1 Å². The van der Waals surface area contributed by atoms with Gasteiger partial charge in [0.05, 0.1) is 23.9 Å². The van der Waals surface area contributed by atoms with E-state index in [1.807, 2.05) is 79.7 Å². The summed E-state index contributed by atoms with van der Waals surface area (Å²) >= 11 is 0. The minimum absolute atomic E-state index is 0.189. The van der Waals surface area contributed by atoms with Gasteiger partial charge in [0.15, 0.2) is 0 Å². The van der Waals surface area contributed by atoms with Crippen LogP contribution in [0.15, 0.2) is 84.9 Å². The molecule has 0 amide bonds. The molecule has 0 aliphatic heterocycles. The van der Waals surface area contributed by atoms with Crippen molar-refractivity contribution >= 4 is 16.9 Å². The fourth-order valence-electron chi connectivity index (χ4n) is 3.62. The molecule has 31 heavy (non-hydrogen) atoms. The predicted molar refractivity (Wildman–Crippen MR) is 123 cm³/mol. The van der Waals surface area contributed by atoms with Crippen LogP contribution in [0.25, 0.3) is 22.2 Å². The van der Waals surface area contributed by atoms with E-state index in [-0.39, 0.29) is 12.1 Å². The highest BCUT2D eigenvalue weighted by Gasteiger charge is 2.19. The molecular formula is C27H25NO3. The average molecular weight is 412 g/mol. The lowest BCUT2D eigenvalue weighted by Gasteiger charge is -2.17. The molecule has 0 bridgehead atoms. The topological polar surface area (TPSA) is 48.4 Å². The van der Waals surface area contributed by atoms with Gasteiger partial charge in [0.25, 0.3) is 0 Å². The number of fused-ring (bicyclic) bond motifs is 1. The van der Waals surface area contributed by atoms with Crippen molar-refractivity contribution in [2.75, 3.05) is 7.11 Å². The number of hydrogen-bond donors (Lipinski definition) is 0. The first-order valence-corrected chi connectivity index (χ1v) is 10.5. The number of pyridine rings is 1. The van der Waals surface area contributed by atoms with Crippen molar-refractivity contribution in [3.63, 3.8) is 0 Å². The van der Waals surface area contributed by atoms with Crippen LogP contribution in [0.4, 0.5) is 0 Å². The van der Waals surface area contributed by atoms with Gasteiger partial charge >= 0.3 is 5.97 Å². The zero-order valence-corrected chi connectivity index (χ0v) is 17.7. The summed E-state index contributed by atoms with van der Waals surface area (Å²) in [5.41, 5.74) is 4.09. The summed E-state index contributed by atoms with van der Waals surface area (Å²) in [6, 6.07) is 27.2. The number of benzene rings is 3. The van der Waals surface area contributed by atoms with Crippen LogP contribution in [0.5, 0.6) is 5.75 Å². The quantitative estimate of drug-likeness (QED) is 0.345. The first-order chi connectivity index (χ1) is 15.2. The fraction of sp³-hybridized carbons (Fsp3) is 0.185. The van der Waals surface area contributed by atoms with Gasteiger partial charge in [-0.05, 0) is 48.4 Å². The normalized spacial score (nSPS) is 11.8. The second-order valence-corrected chi connectivity index (χ2v) is 7.43. The Kier molecular flexibility index (Phi) is 6.27. The van der Waals surface area contributed by atoms with E-state index < -0.39 is 0 Å². The zero-order valence-electron chi connectivity index (χ0n) is 17.7. The van der Waals surface area contributed by atoms with Gasteiger partial charge in [0.1, 0.15) is 11.9 Å². The van der Waals surface area contributed by atoms with Crippen LogP contribution >= 0.6 is 0 Å². The Labute approximate surface area is 182 Å². The van der Waals surface area contributed by atoms with Crippen molar-refractivity contribution in [2.24, 2.45) is 0 Å². The number of methoxy groups -OCH3 is 1. The van der Waals surface area contributed by atoms with Crippen LogP contribution in [-0.2, 0) is 11.2 Å². The SMILES string of the molecule is CCC(Cc1ccccc1)OC(=O)c1cc(-c2ccc(OC)cc2)nc2ccccc12. The maximum atomic E-state index is 13.2. The maximum absolute atomic E-state index is 13.2. The van der Waals surface area contributed by atoms with Crippen LogP contribution < -0.4 is 4.74 Å². The van der Waals surface area contributed by atoms with Crippen LogP contribution in [0.2, 0.25) is 0 Å². The van der Waals surface area contributed by atoms with E-state index in [4.69, 9.17) is 14.5 Å². The second-order valence-electron chi connectivity index (χ2n) is 7.43. The molecule has 4 aromatic rings. The molecule has 1 unspecified atom stereocenters. The summed E-state index contributed by atoms with van der Waals surface area (Å²) in [6.45, 7) is 2.04. The first kappa shape index (κ1) is 20.6. The molecule has 0 N–H and O–H groups in total. The lowest BCUT2D eigenvalue weighted by atomic mass is 10.0. The number of ether oxygens (including phenoxy) is 2. The second kappa shape index (κ2) is 9.43. The molecule has 1 atom stereocenters. The summed E-state index contributed by atoms with van der Waals surface area (Å²) < 4.78 is 11.2. The fourth-order valence-corrected chi connectivity index (χ4v) is 3.62. The molecule has 0 saturated heterocycles. The molecule has 0 aliphatic carbocycles. The molecule has 0 fully saturated rings. The van der Waals surface area contributed by atoms with Crippen LogP contribution in [0.1, 0.15) is 29.3 Å². The average Bonchev–Trinajstić information content (AvgIpc) is 2.83. The molecule has 0 radical (unpaired) electrons. The van der Waals surface area contributed by atoms with Gasteiger partial charge in [0.2, 0.25) is 0 Å². The molecule has 0 saturated carbocycles. The highest BCUT2D eigenvalue weighted by molar-refractivity contribution is 6.04. The van der Waals surface area contributed by atoms with Crippen molar-refractivity contribution in [1.82, 2.24) is 4.98 Å². The molecule has 156 valence electrons. The van der Waals surface area contributed by atoms with Crippen LogP contribution in [-0.4, -0.2) is 24.2 Å². The molecule has 4 rings (SSSR count). The third kappa shape index (κ3) is 4.75. The number of rotatable bonds is 7. The zero-order chi connectivity index (χ0) is 21.6. The molecule has 0 aliphatic rings. The largest absolute Gasteiger partial charge is 0.497 e. The van der Waals surface area contributed by atoms with E-state index in [1.165, 1.54) is 0 Å². The smallest absolute Gasteiger partial charge is 0.339 e. The molecule has 4 heteroatoms. The number of aromatic nitrogens is 1. The Bertz CT molecular complexity index is 1170. The Morgan fingerprint density at radius 3 is 2.35 bits per heavy atom. The van der Waals surface area contributed by atoms with Crippen molar-refractivity contribution in [3.8, 4) is 17.0 Å². The predicted octanol–water partition coefficient (Wildman–Crippen LogP) is 6.09. The maximum Gasteiger partial charge on any atom is 0.339 e. The molecule has 1 aromatic heterocycles. The van der Waals surface area contributed by atoms with Crippen molar-refractivity contribution in [1.29, 1.82) is 0 Å². The van der Waals surface area contributed by atoms with Crippen LogP contribution in [0.3, 0.4) is 0 Å². The minimum atomic E-state index is -0.323. The van der Waals surface area contributed by atoms with Gasteiger partial charge in [-0.1, -0.05) is 55.5 Å². The highest BCUT2D eigenvalue weighted by Crippen LogP contribution is 2.27. The number of para-hydroxylation sites is 1. The van der Waals surface area contributed by atoms with E-state index in [1.54, 1.807) is 7.11 Å². The summed E-state index contributed by atoms with van der Waals surface area (Å²) in [5.74, 6) is 0.451. The van der Waals surface area contributed by atoms with Gasteiger partial charge in [-0.3, -0.25) is 0 Å². The van der Waals surface area contributed by atoms with Gasteiger partial charge < -0.3 is 9.47 Å². The molecule has 4 nitrogen and oxygen atoms in total. The number of carbonyl (C=O) groups excluding carboxylic acids is 1. The first-order valence-electron chi connectivity index (χ1n) is 10.5. The standard InChI is InChI=1S/C27H25NO3/c1-3-21(17-19-9-5-4-6-10-19)31-27(29)24-18-26(20-13-15-22(30-2)16-14-20)28-25-12-8-7-11-23(24)25/h4-16,18,21H,3,17H2,1-2H3. The van der Waals surface area contributed by atoms with Gasteiger partial charge in [-0.25, -0.2) is 9.78 Å². The van der Waals surface area contributed by atoms with E-state index in [2.05, 4.69) is 12.1 Å². The summed E-state index contributed by atoms with van der Waals surface area (Å²) in [6.07, 6.45) is 1.25. The molecule has 3 aromatic carbocycles. The van der Waals surface area contributed by atoms with Gasteiger partial charge in [0, 0.05) is 17.4 Å². The third-order valence-corrected chi connectivity index (χ3v) is 5.36. The Balaban J connectivity index is 1.67. The number of carbonyl (C=O) groups is 1. The number of hydrogen-bond acceptors (Lipinski definition) is 4. The van der Waals surface area contributed by atoms with E-state index in [0.29, 0.717) is 12.0 Å². The third-order valence-electron chi connectivity index (χ3n) is 5.36. The number of nitrogens with zero attached hydrogens (tertiary/aromatic N) is 1. The van der Waals surface area contributed by atoms with Crippen LogP contribution in [0, 0.1) is 0 Å². The lowest BCUT2D eigenvalue weighted by Crippen LogP contribution is -2.20. The number of esters is 1. The Hall–Kier alpha value is -3.66.